The van der Waals surface area contributed by atoms with Crippen molar-refractivity contribution in [2.24, 2.45) is 0 Å². The second kappa shape index (κ2) is 12.7. The van der Waals surface area contributed by atoms with E-state index in [0.717, 1.165) is 23.1 Å². The van der Waals surface area contributed by atoms with Gasteiger partial charge >= 0.3 is 0 Å². The van der Waals surface area contributed by atoms with E-state index in [0.29, 0.717) is 12.2 Å². The maximum atomic E-state index is 13.5. The predicted octanol–water partition coefficient (Wildman–Crippen LogP) is 5.07. The number of rotatable bonds is 11. The molecular formula is C29H33FN2O3. The highest BCUT2D eigenvalue weighted by Crippen LogP contribution is 2.17. The fraction of sp³-hybridized carbons (Fsp3) is 0.310. The van der Waals surface area contributed by atoms with Crippen LogP contribution in [0.25, 0.3) is 0 Å². The van der Waals surface area contributed by atoms with Crippen molar-refractivity contribution in [3.8, 4) is 5.75 Å². The first-order chi connectivity index (χ1) is 16.9. The van der Waals surface area contributed by atoms with E-state index in [2.05, 4.69) is 5.32 Å². The van der Waals surface area contributed by atoms with Crippen LogP contribution in [-0.4, -0.2) is 35.4 Å². The first-order valence-electron chi connectivity index (χ1n) is 11.9. The van der Waals surface area contributed by atoms with Crippen LogP contribution < -0.4 is 10.1 Å². The molecule has 0 radical (unpaired) electrons. The molecule has 5 nitrogen and oxygen atoms in total. The third-order valence-corrected chi connectivity index (χ3v) is 5.88. The summed E-state index contributed by atoms with van der Waals surface area (Å²) in [4.78, 5) is 28.5. The van der Waals surface area contributed by atoms with Crippen molar-refractivity contribution in [1.82, 2.24) is 10.2 Å². The Hall–Kier alpha value is -3.67. The molecule has 0 saturated heterocycles. The summed E-state index contributed by atoms with van der Waals surface area (Å²) in [5.74, 6) is -0.518. The van der Waals surface area contributed by atoms with Gasteiger partial charge < -0.3 is 15.0 Å². The van der Waals surface area contributed by atoms with Crippen molar-refractivity contribution in [2.75, 3.05) is 6.61 Å². The molecule has 0 aliphatic carbocycles. The van der Waals surface area contributed by atoms with E-state index in [1.165, 1.54) is 24.3 Å². The van der Waals surface area contributed by atoms with Gasteiger partial charge in [0.05, 0.1) is 0 Å². The molecule has 0 aromatic heterocycles. The second-order valence-electron chi connectivity index (χ2n) is 8.78. The van der Waals surface area contributed by atoms with E-state index in [-0.39, 0.29) is 36.8 Å². The number of nitrogens with zero attached hydrogens (tertiary/aromatic N) is 1. The van der Waals surface area contributed by atoms with Gasteiger partial charge in [0.25, 0.3) is 5.91 Å². The number of nitrogens with one attached hydrogen (secondary N) is 1. The van der Waals surface area contributed by atoms with Crippen LogP contribution in [-0.2, 0) is 22.6 Å². The minimum atomic E-state index is -0.726. The number of hydrogen-bond donors (Lipinski definition) is 1. The van der Waals surface area contributed by atoms with E-state index >= 15 is 0 Å². The molecule has 6 heteroatoms. The molecule has 2 atom stereocenters. The van der Waals surface area contributed by atoms with E-state index in [1.54, 1.807) is 4.90 Å². The molecule has 0 unspecified atom stereocenters. The van der Waals surface area contributed by atoms with Crippen LogP contribution in [0, 0.1) is 12.7 Å². The summed E-state index contributed by atoms with van der Waals surface area (Å²) in [5.41, 5.74) is 2.95. The zero-order chi connectivity index (χ0) is 25.2. The lowest BCUT2D eigenvalue weighted by atomic mass is 10.0. The van der Waals surface area contributed by atoms with Crippen molar-refractivity contribution in [3.63, 3.8) is 0 Å². The molecule has 35 heavy (non-hydrogen) atoms. The van der Waals surface area contributed by atoms with E-state index in [9.17, 15) is 14.0 Å². The molecule has 0 spiro atoms. The molecule has 3 aromatic rings. The zero-order valence-corrected chi connectivity index (χ0v) is 20.5. The van der Waals surface area contributed by atoms with Gasteiger partial charge in [-0.3, -0.25) is 9.59 Å². The highest BCUT2D eigenvalue weighted by atomic mass is 19.1. The Morgan fingerprint density at radius 2 is 1.66 bits per heavy atom. The standard InChI is InChI=1S/C29H33FN2O3/c1-4-22(3)31-29(34)27(18-23-10-6-5-7-11-23)32(19-24-12-8-9-21(2)17-24)28(33)20-35-26-15-13-25(30)14-16-26/h5-17,22,27H,4,18-20H2,1-3H3,(H,31,34)/t22-,27-/m0/s1. The summed E-state index contributed by atoms with van der Waals surface area (Å²) in [6.07, 6.45) is 1.15. The molecule has 0 aliphatic heterocycles. The van der Waals surface area contributed by atoms with Gasteiger partial charge in [-0.1, -0.05) is 67.1 Å². The topological polar surface area (TPSA) is 58.6 Å². The van der Waals surface area contributed by atoms with Gasteiger partial charge in [0.1, 0.15) is 17.6 Å². The number of benzene rings is 3. The fourth-order valence-electron chi connectivity index (χ4n) is 3.76. The van der Waals surface area contributed by atoms with Gasteiger partial charge in [0.15, 0.2) is 6.61 Å². The third kappa shape index (κ3) is 7.95. The lowest BCUT2D eigenvalue weighted by Gasteiger charge is -2.32. The number of amides is 2. The summed E-state index contributed by atoms with van der Waals surface area (Å²) in [6, 6.07) is 22.3. The van der Waals surface area contributed by atoms with Gasteiger partial charge in [-0.25, -0.2) is 4.39 Å². The molecular weight excluding hydrogens is 443 g/mol. The van der Waals surface area contributed by atoms with Crippen molar-refractivity contribution in [3.05, 3.63) is 101 Å². The molecule has 0 bridgehead atoms. The highest BCUT2D eigenvalue weighted by molar-refractivity contribution is 5.88. The van der Waals surface area contributed by atoms with E-state index in [4.69, 9.17) is 4.74 Å². The fourth-order valence-corrected chi connectivity index (χ4v) is 3.76. The Bertz CT molecular complexity index is 1100. The van der Waals surface area contributed by atoms with Crippen LogP contribution in [0.15, 0.2) is 78.9 Å². The van der Waals surface area contributed by atoms with Gasteiger partial charge in [0.2, 0.25) is 5.91 Å². The molecule has 0 heterocycles. The molecule has 2 amide bonds. The summed E-state index contributed by atoms with van der Waals surface area (Å²) in [5, 5.41) is 3.05. The summed E-state index contributed by atoms with van der Waals surface area (Å²) in [6.45, 7) is 5.94. The normalized spacial score (nSPS) is 12.5. The SMILES string of the molecule is CC[C@H](C)NC(=O)[C@H](Cc1ccccc1)N(Cc1cccc(C)c1)C(=O)COc1ccc(F)cc1. The van der Waals surface area contributed by atoms with Crippen LogP contribution in [0.4, 0.5) is 4.39 Å². The first-order valence-corrected chi connectivity index (χ1v) is 11.9. The second-order valence-corrected chi connectivity index (χ2v) is 8.78. The Morgan fingerprint density at radius 1 is 0.971 bits per heavy atom. The molecule has 3 aromatic carbocycles. The lowest BCUT2D eigenvalue weighted by molar-refractivity contribution is -0.143. The van der Waals surface area contributed by atoms with Crippen LogP contribution in [0.3, 0.4) is 0 Å². The number of carbonyl (C=O) groups is 2. The van der Waals surface area contributed by atoms with Crippen molar-refractivity contribution >= 4 is 11.8 Å². The van der Waals surface area contributed by atoms with Crippen LogP contribution in [0.2, 0.25) is 0 Å². The molecule has 184 valence electrons. The van der Waals surface area contributed by atoms with Gasteiger partial charge in [0, 0.05) is 19.0 Å². The largest absolute Gasteiger partial charge is 0.484 e. The van der Waals surface area contributed by atoms with E-state index in [1.807, 2.05) is 75.4 Å². The molecule has 1 N–H and O–H groups in total. The minimum Gasteiger partial charge on any atom is -0.484 e. The molecule has 0 saturated carbocycles. The Kier molecular flexibility index (Phi) is 9.41. The summed E-state index contributed by atoms with van der Waals surface area (Å²) < 4.78 is 18.9. The van der Waals surface area contributed by atoms with Gasteiger partial charge in [-0.2, -0.15) is 0 Å². The molecule has 0 aliphatic rings. The smallest absolute Gasteiger partial charge is 0.261 e. The van der Waals surface area contributed by atoms with Crippen molar-refractivity contribution < 1.29 is 18.7 Å². The average molecular weight is 477 g/mol. The highest BCUT2D eigenvalue weighted by Gasteiger charge is 2.31. The average Bonchev–Trinajstić information content (AvgIpc) is 2.86. The number of ether oxygens (including phenoxy) is 1. The zero-order valence-electron chi connectivity index (χ0n) is 20.5. The number of aryl methyl sites for hydroxylation is 1. The third-order valence-electron chi connectivity index (χ3n) is 5.88. The maximum Gasteiger partial charge on any atom is 0.261 e. The van der Waals surface area contributed by atoms with Crippen molar-refractivity contribution in [2.45, 2.75) is 52.2 Å². The Labute approximate surface area is 206 Å². The van der Waals surface area contributed by atoms with E-state index < -0.39 is 6.04 Å². The van der Waals surface area contributed by atoms with Gasteiger partial charge in [-0.05, 0) is 55.7 Å². The Balaban J connectivity index is 1.90. The molecule has 0 fully saturated rings. The Morgan fingerprint density at radius 3 is 2.31 bits per heavy atom. The monoisotopic (exact) mass is 476 g/mol. The number of halogens is 1. The molecule has 3 rings (SSSR count). The number of hydrogen-bond acceptors (Lipinski definition) is 3. The maximum absolute atomic E-state index is 13.5. The lowest BCUT2D eigenvalue weighted by Crippen LogP contribution is -2.53. The van der Waals surface area contributed by atoms with Gasteiger partial charge in [-0.15, -0.1) is 0 Å². The van der Waals surface area contributed by atoms with Crippen LogP contribution in [0.5, 0.6) is 5.75 Å². The quantitative estimate of drug-likeness (QED) is 0.421. The van der Waals surface area contributed by atoms with Crippen LogP contribution >= 0.6 is 0 Å². The first kappa shape index (κ1) is 25.9. The minimum absolute atomic E-state index is 0.0211. The van der Waals surface area contributed by atoms with Crippen molar-refractivity contribution in [1.29, 1.82) is 0 Å². The summed E-state index contributed by atoms with van der Waals surface area (Å²) in [7, 11) is 0. The summed E-state index contributed by atoms with van der Waals surface area (Å²) >= 11 is 0. The number of carbonyl (C=O) groups excluding carboxylic acids is 2. The predicted molar refractivity (Wildman–Crippen MR) is 135 cm³/mol. The van der Waals surface area contributed by atoms with Crippen LogP contribution in [0.1, 0.15) is 37.0 Å².